The molecule has 2 aromatic carbocycles. The average Bonchev–Trinajstić information content (AvgIpc) is 3.19. The van der Waals surface area contributed by atoms with Gasteiger partial charge in [-0.1, -0.05) is 11.2 Å². The van der Waals surface area contributed by atoms with Crippen molar-refractivity contribution in [1.82, 2.24) is 10.1 Å². The predicted molar refractivity (Wildman–Crippen MR) is 96.7 cm³/mol. The van der Waals surface area contributed by atoms with Gasteiger partial charge in [-0.2, -0.15) is 4.98 Å². The van der Waals surface area contributed by atoms with Gasteiger partial charge in [0.05, 0.1) is 14.2 Å². The Bertz CT molecular complexity index is 1080. The lowest BCUT2D eigenvalue weighted by atomic mass is 10.1. The number of methoxy groups -OCH3 is 2. The minimum Gasteiger partial charge on any atom is -0.550 e. The molecule has 150 valence electrons. The Morgan fingerprint density at radius 3 is 2.52 bits per heavy atom. The van der Waals surface area contributed by atoms with Crippen LogP contribution in [0, 0.1) is 11.6 Å². The van der Waals surface area contributed by atoms with Gasteiger partial charge in [0, 0.05) is 23.5 Å². The summed E-state index contributed by atoms with van der Waals surface area (Å²) in [6, 6.07) is 8.11. The Hall–Kier alpha value is -3.75. The maximum atomic E-state index is 13.4. The molecule has 29 heavy (non-hydrogen) atoms. The maximum Gasteiger partial charge on any atom is 0.254 e. The Labute approximate surface area is 164 Å². The number of benzene rings is 2. The van der Waals surface area contributed by atoms with E-state index in [-0.39, 0.29) is 22.9 Å². The third kappa shape index (κ3) is 4.57. The van der Waals surface area contributed by atoms with Crippen LogP contribution in [0.1, 0.15) is 17.9 Å². The lowest BCUT2D eigenvalue weighted by Crippen LogP contribution is -2.22. The lowest BCUT2D eigenvalue weighted by Gasteiger charge is -2.07. The van der Waals surface area contributed by atoms with Crippen molar-refractivity contribution in [3.05, 3.63) is 59.5 Å². The van der Waals surface area contributed by atoms with Crippen molar-refractivity contribution in [2.75, 3.05) is 14.2 Å². The van der Waals surface area contributed by atoms with Crippen LogP contribution in [0.3, 0.4) is 0 Å². The molecule has 0 spiro atoms. The fourth-order valence-electron chi connectivity index (χ4n) is 2.59. The molecule has 0 aliphatic heterocycles. The zero-order valence-electron chi connectivity index (χ0n) is 15.4. The van der Waals surface area contributed by atoms with E-state index < -0.39 is 24.0 Å². The molecule has 1 heterocycles. The van der Waals surface area contributed by atoms with Crippen molar-refractivity contribution >= 4 is 17.6 Å². The van der Waals surface area contributed by atoms with Gasteiger partial charge in [-0.15, -0.1) is 0 Å². The van der Waals surface area contributed by atoms with E-state index in [9.17, 15) is 18.7 Å². The van der Waals surface area contributed by atoms with Gasteiger partial charge in [-0.05, 0) is 42.0 Å². The molecule has 9 heteroatoms. The number of carbonyl (C=O) groups excluding carboxylic acids is 1. The molecule has 7 nitrogen and oxygen atoms in total. The van der Waals surface area contributed by atoms with E-state index in [1.165, 1.54) is 26.4 Å². The molecule has 0 N–H and O–H groups in total. The summed E-state index contributed by atoms with van der Waals surface area (Å²) >= 11 is 0. The molecule has 3 rings (SSSR count). The number of nitrogens with zero attached hydrogens (tertiary/aromatic N) is 2. The average molecular weight is 401 g/mol. The van der Waals surface area contributed by atoms with Crippen molar-refractivity contribution in [2.45, 2.75) is 6.42 Å². The Morgan fingerprint density at radius 1 is 1.10 bits per heavy atom. The lowest BCUT2D eigenvalue weighted by molar-refractivity contribution is -0.304. The number of hydrogen-bond donors (Lipinski definition) is 0. The van der Waals surface area contributed by atoms with Crippen molar-refractivity contribution in [3.63, 3.8) is 0 Å². The first-order valence-electron chi connectivity index (χ1n) is 8.33. The number of rotatable bonds is 7. The first kappa shape index (κ1) is 20.0. The van der Waals surface area contributed by atoms with Gasteiger partial charge >= 0.3 is 0 Å². The van der Waals surface area contributed by atoms with E-state index in [1.807, 2.05) is 0 Å². The molecular formula is C20H15F2N2O5-. The highest BCUT2D eigenvalue weighted by molar-refractivity contribution is 5.88. The number of aromatic nitrogens is 2. The summed E-state index contributed by atoms with van der Waals surface area (Å²) in [4.78, 5) is 15.3. The van der Waals surface area contributed by atoms with Gasteiger partial charge in [0.15, 0.2) is 23.1 Å². The molecule has 0 saturated heterocycles. The van der Waals surface area contributed by atoms with Crippen molar-refractivity contribution < 1.29 is 32.7 Å². The maximum absolute atomic E-state index is 13.4. The molecule has 0 saturated carbocycles. The molecule has 0 atom stereocenters. The van der Waals surface area contributed by atoms with Crippen LogP contribution in [-0.4, -0.2) is 30.3 Å². The van der Waals surface area contributed by atoms with Crippen LogP contribution < -0.4 is 14.6 Å². The fourth-order valence-corrected chi connectivity index (χ4v) is 2.59. The molecular weight excluding hydrogens is 386 g/mol. The third-order valence-electron chi connectivity index (χ3n) is 3.96. The fraction of sp³-hybridized carbons (Fsp3) is 0.150. The van der Waals surface area contributed by atoms with Crippen LogP contribution in [0.2, 0.25) is 0 Å². The van der Waals surface area contributed by atoms with Crippen molar-refractivity contribution in [1.29, 1.82) is 0 Å². The third-order valence-corrected chi connectivity index (χ3v) is 3.96. The summed E-state index contributed by atoms with van der Waals surface area (Å²) in [6.07, 6.45) is 0.747. The highest BCUT2D eigenvalue weighted by atomic mass is 19.2. The van der Waals surface area contributed by atoms with E-state index in [0.717, 1.165) is 12.1 Å². The summed E-state index contributed by atoms with van der Waals surface area (Å²) in [6.45, 7) is 0. The Morgan fingerprint density at radius 2 is 1.86 bits per heavy atom. The first-order valence-corrected chi connectivity index (χ1v) is 8.33. The molecule has 0 bridgehead atoms. The van der Waals surface area contributed by atoms with Crippen LogP contribution in [0.4, 0.5) is 8.78 Å². The van der Waals surface area contributed by atoms with Crippen LogP contribution in [0.15, 0.2) is 40.9 Å². The highest BCUT2D eigenvalue weighted by Gasteiger charge is 2.16. The summed E-state index contributed by atoms with van der Waals surface area (Å²) in [5.74, 6) is -2.44. The molecule has 0 radical (unpaired) electrons. The normalized spacial score (nSPS) is 11.4. The van der Waals surface area contributed by atoms with Gasteiger partial charge in [0.1, 0.15) is 0 Å². The zero-order valence-corrected chi connectivity index (χ0v) is 15.4. The number of halogens is 2. The quantitative estimate of drug-likeness (QED) is 0.600. The smallest absolute Gasteiger partial charge is 0.254 e. The molecule has 0 fully saturated rings. The monoisotopic (exact) mass is 401 g/mol. The molecule has 0 amide bonds. The summed E-state index contributed by atoms with van der Waals surface area (Å²) in [5.41, 5.74) is 0.847. The number of carboxylic acid groups (broad SMARTS) is 1. The van der Waals surface area contributed by atoms with Crippen molar-refractivity contribution in [2.24, 2.45) is 0 Å². The van der Waals surface area contributed by atoms with Crippen LogP contribution in [0.25, 0.3) is 23.0 Å². The summed E-state index contributed by atoms with van der Waals surface area (Å²) < 4.78 is 42.1. The van der Waals surface area contributed by atoms with Gasteiger partial charge < -0.3 is 23.9 Å². The number of hydrogen-bond acceptors (Lipinski definition) is 7. The second-order valence-corrected chi connectivity index (χ2v) is 5.88. The minimum absolute atomic E-state index is 0.0789. The van der Waals surface area contributed by atoms with Gasteiger partial charge in [0.2, 0.25) is 5.82 Å². The van der Waals surface area contributed by atoms with E-state index >= 15 is 0 Å². The van der Waals surface area contributed by atoms with E-state index in [1.54, 1.807) is 18.2 Å². The number of carbonyl (C=O) groups is 1. The van der Waals surface area contributed by atoms with E-state index in [0.29, 0.717) is 17.1 Å². The molecule has 3 aromatic rings. The number of ether oxygens (including phenoxy) is 2. The van der Waals surface area contributed by atoms with E-state index in [4.69, 9.17) is 14.0 Å². The largest absolute Gasteiger partial charge is 0.550 e. The highest BCUT2D eigenvalue weighted by Crippen LogP contribution is 2.32. The molecule has 0 aliphatic rings. The van der Waals surface area contributed by atoms with Crippen LogP contribution in [0.5, 0.6) is 11.5 Å². The Balaban J connectivity index is 1.98. The predicted octanol–water partition coefficient (Wildman–Crippen LogP) is 2.71. The van der Waals surface area contributed by atoms with Crippen LogP contribution >= 0.6 is 0 Å². The summed E-state index contributed by atoms with van der Waals surface area (Å²) in [5, 5.41) is 15.0. The minimum atomic E-state index is -1.40. The van der Waals surface area contributed by atoms with Crippen molar-refractivity contribution in [3.8, 4) is 22.9 Å². The topological polar surface area (TPSA) is 97.5 Å². The van der Waals surface area contributed by atoms with Gasteiger partial charge in [-0.25, -0.2) is 8.78 Å². The second kappa shape index (κ2) is 8.51. The number of carboxylic acids is 1. The molecule has 1 aromatic heterocycles. The van der Waals surface area contributed by atoms with E-state index in [2.05, 4.69) is 10.1 Å². The second-order valence-electron chi connectivity index (χ2n) is 5.88. The van der Waals surface area contributed by atoms with Gasteiger partial charge in [-0.3, -0.25) is 0 Å². The number of aliphatic carboxylic acids is 1. The standard InChI is InChI=1S/C20H16F2N2O5/c1-27-16-6-4-12(9-17(16)28-2)19-23-20(29-24-19)13(10-18(25)26)7-11-3-5-14(21)15(22)8-11/h3-9H,10H2,1-2H3,(H,25,26)/p-1/b13-7+. The van der Waals surface area contributed by atoms with Gasteiger partial charge in [0.25, 0.3) is 5.89 Å². The molecule has 0 aliphatic carbocycles. The SMILES string of the molecule is COc1ccc(-c2noc(/C(=C/c3ccc(F)c(F)c3)CC(=O)[O-])n2)cc1OC. The zero-order chi connectivity index (χ0) is 21.0. The van der Waals surface area contributed by atoms with Crippen LogP contribution in [-0.2, 0) is 4.79 Å². The summed E-state index contributed by atoms with van der Waals surface area (Å²) in [7, 11) is 2.98. The molecule has 0 unspecified atom stereocenters. The Kier molecular flexibility index (Phi) is 5.87. The first-order chi connectivity index (χ1) is 13.9.